The Morgan fingerprint density at radius 1 is 1.20 bits per heavy atom. The molecule has 0 amide bonds. The fourth-order valence-corrected chi connectivity index (χ4v) is 1.92. The van der Waals surface area contributed by atoms with Crippen LogP contribution < -0.4 is 5.32 Å². The maximum Gasteiger partial charge on any atom is 0.416 e. The number of carbonyl (C=O) groups excluding carboxylic acids is 2. The molecule has 1 heterocycles. The summed E-state index contributed by atoms with van der Waals surface area (Å²) in [7, 11) is 0. The van der Waals surface area contributed by atoms with Crippen molar-refractivity contribution in [2.75, 3.05) is 5.32 Å². The third kappa shape index (κ3) is 4.05. The summed E-state index contributed by atoms with van der Waals surface area (Å²) in [6.45, 7) is 2.62. The summed E-state index contributed by atoms with van der Waals surface area (Å²) in [6.07, 6.45) is -4.03. The van der Waals surface area contributed by atoms with Crippen molar-refractivity contribution in [3.05, 3.63) is 45.6 Å². The fourth-order valence-electron chi connectivity index (χ4n) is 1.92. The van der Waals surface area contributed by atoms with Crippen molar-refractivity contribution >= 4 is 23.3 Å². The van der Waals surface area contributed by atoms with E-state index in [4.69, 9.17) is 9.47 Å². The van der Waals surface area contributed by atoms with Crippen molar-refractivity contribution in [1.82, 2.24) is 0 Å². The number of hydrogen-bond donors (Lipinski definition) is 1. The molecule has 1 N–H and O–H groups in total. The number of ether oxygens (including phenoxy) is 2. The number of rotatable bonds is 3. The second-order valence-corrected chi connectivity index (χ2v) is 5.37. The number of halogens is 3. The molecule has 0 spiro atoms. The predicted octanol–water partition coefficient (Wildman–Crippen LogP) is 2.75. The molecule has 0 bridgehead atoms. The Morgan fingerprint density at radius 2 is 1.76 bits per heavy atom. The number of esters is 2. The van der Waals surface area contributed by atoms with Crippen molar-refractivity contribution in [1.29, 1.82) is 0 Å². The quantitative estimate of drug-likeness (QED) is 0.290. The van der Waals surface area contributed by atoms with Crippen LogP contribution in [0.3, 0.4) is 0 Å². The lowest BCUT2D eigenvalue weighted by Gasteiger charge is -2.29. The molecule has 1 aromatic rings. The molecule has 0 atom stereocenters. The van der Waals surface area contributed by atoms with Gasteiger partial charge < -0.3 is 14.8 Å². The molecule has 0 radical (unpaired) electrons. The molecule has 0 aromatic heterocycles. The molecule has 134 valence electrons. The third-order valence-electron chi connectivity index (χ3n) is 3.01. The maximum absolute atomic E-state index is 12.7. The van der Waals surface area contributed by atoms with E-state index in [0.29, 0.717) is 24.4 Å². The molecule has 1 aromatic carbocycles. The number of alkyl halides is 3. The number of nitro benzene ring substituents is 1. The molecular weight excluding hydrogens is 349 g/mol. The second-order valence-electron chi connectivity index (χ2n) is 5.37. The third-order valence-corrected chi connectivity index (χ3v) is 3.01. The van der Waals surface area contributed by atoms with Gasteiger partial charge in [-0.1, -0.05) is 0 Å². The summed E-state index contributed by atoms with van der Waals surface area (Å²) in [5.74, 6) is -3.65. The van der Waals surface area contributed by atoms with Crippen LogP contribution >= 0.6 is 0 Å². The Morgan fingerprint density at radius 3 is 2.24 bits per heavy atom. The van der Waals surface area contributed by atoms with E-state index in [0.717, 1.165) is 0 Å². The molecule has 1 saturated heterocycles. The molecule has 0 aliphatic carbocycles. The minimum Gasteiger partial charge on any atom is -0.419 e. The lowest BCUT2D eigenvalue weighted by molar-refractivity contribution is -0.384. The number of hydrogen-bond acceptors (Lipinski definition) is 7. The first-order chi connectivity index (χ1) is 11.4. The summed E-state index contributed by atoms with van der Waals surface area (Å²) in [6, 6.07) is 1.69. The van der Waals surface area contributed by atoms with Crippen molar-refractivity contribution in [3.8, 4) is 0 Å². The van der Waals surface area contributed by atoms with Crippen molar-refractivity contribution in [2.24, 2.45) is 0 Å². The molecule has 0 unspecified atom stereocenters. The fraction of sp³-hybridized carbons (Fsp3) is 0.286. The Labute approximate surface area is 138 Å². The average molecular weight is 360 g/mol. The van der Waals surface area contributed by atoms with Gasteiger partial charge in [-0.25, -0.2) is 9.59 Å². The standard InChI is InChI=1S/C14H11F3N2O6/c1-13(2)24-11(20)8(12(21)25-13)6-18-9-5-7(14(15,16)17)3-4-10(9)19(22)23/h3-6,18H,1-2H3. The zero-order chi connectivity index (χ0) is 19.0. The van der Waals surface area contributed by atoms with Crippen LogP contribution in [0.5, 0.6) is 0 Å². The van der Waals surface area contributed by atoms with E-state index in [9.17, 15) is 32.9 Å². The van der Waals surface area contributed by atoms with Crippen LogP contribution in [0.4, 0.5) is 24.5 Å². The molecule has 1 aliphatic heterocycles. The van der Waals surface area contributed by atoms with Gasteiger partial charge in [0, 0.05) is 26.1 Å². The van der Waals surface area contributed by atoms with E-state index < -0.39 is 51.3 Å². The van der Waals surface area contributed by atoms with Gasteiger partial charge in [0.05, 0.1) is 10.5 Å². The van der Waals surface area contributed by atoms with Gasteiger partial charge >= 0.3 is 18.1 Å². The number of nitrogens with one attached hydrogen (secondary N) is 1. The topological polar surface area (TPSA) is 108 Å². The Hall–Kier alpha value is -3.11. The van der Waals surface area contributed by atoms with Gasteiger partial charge in [0.15, 0.2) is 5.57 Å². The largest absolute Gasteiger partial charge is 0.419 e. The highest BCUT2D eigenvalue weighted by molar-refractivity contribution is 6.15. The normalized spacial score (nSPS) is 16.8. The Bertz CT molecular complexity index is 763. The highest BCUT2D eigenvalue weighted by atomic mass is 19.4. The number of anilines is 1. The van der Waals surface area contributed by atoms with Crippen molar-refractivity contribution in [2.45, 2.75) is 25.8 Å². The van der Waals surface area contributed by atoms with Gasteiger partial charge in [-0.05, 0) is 12.1 Å². The second kappa shape index (κ2) is 6.07. The van der Waals surface area contributed by atoms with Crippen molar-refractivity contribution < 1.29 is 37.2 Å². The Kier molecular flexibility index (Phi) is 4.43. The van der Waals surface area contributed by atoms with Crippen LogP contribution in [0.1, 0.15) is 19.4 Å². The highest BCUT2D eigenvalue weighted by Crippen LogP contribution is 2.35. The number of nitro groups is 1. The lowest BCUT2D eigenvalue weighted by atomic mass is 10.1. The summed E-state index contributed by atoms with van der Waals surface area (Å²) in [5, 5.41) is 13.1. The van der Waals surface area contributed by atoms with Gasteiger partial charge in [-0.15, -0.1) is 0 Å². The number of benzene rings is 1. The molecule has 25 heavy (non-hydrogen) atoms. The van der Waals surface area contributed by atoms with Crippen LogP contribution in [0, 0.1) is 10.1 Å². The zero-order valence-corrected chi connectivity index (χ0v) is 12.8. The summed E-state index contributed by atoms with van der Waals surface area (Å²) >= 11 is 0. The minimum absolute atomic E-state index is 0.485. The SMILES string of the molecule is CC1(C)OC(=O)C(=CNc2cc(C(F)(F)F)ccc2[N+](=O)[O-])C(=O)O1. The molecule has 11 heteroatoms. The monoisotopic (exact) mass is 360 g/mol. The van der Waals surface area contributed by atoms with Gasteiger partial charge in [0.2, 0.25) is 0 Å². The van der Waals surface area contributed by atoms with Gasteiger partial charge in [-0.2, -0.15) is 13.2 Å². The van der Waals surface area contributed by atoms with Crippen LogP contribution in [-0.4, -0.2) is 22.6 Å². The van der Waals surface area contributed by atoms with Gasteiger partial charge in [-0.3, -0.25) is 10.1 Å². The molecule has 1 aliphatic rings. The van der Waals surface area contributed by atoms with E-state index >= 15 is 0 Å². The van der Waals surface area contributed by atoms with Gasteiger partial charge in [0.25, 0.3) is 11.5 Å². The number of nitrogens with zero attached hydrogens (tertiary/aromatic N) is 1. The summed E-state index contributed by atoms with van der Waals surface area (Å²) < 4.78 is 47.8. The van der Waals surface area contributed by atoms with Gasteiger partial charge in [0.1, 0.15) is 5.69 Å². The van der Waals surface area contributed by atoms with Crippen LogP contribution in [0.15, 0.2) is 30.0 Å². The zero-order valence-electron chi connectivity index (χ0n) is 12.8. The number of carbonyl (C=O) groups is 2. The first-order valence-electron chi connectivity index (χ1n) is 6.70. The van der Waals surface area contributed by atoms with E-state index in [2.05, 4.69) is 5.32 Å². The molecule has 1 fully saturated rings. The van der Waals surface area contributed by atoms with E-state index in [1.54, 1.807) is 0 Å². The van der Waals surface area contributed by atoms with Crippen molar-refractivity contribution in [3.63, 3.8) is 0 Å². The van der Waals surface area contributed by atoms with Crippen LogP contribution in [0.2, 0.25) is 0 Å². The summed E-state index contributed by atoms with van der Waals surface area (Å²) in [4.78, 5) is 33.5. The summed E-state index contributed by atoms with van der Waals surface area (Å²) in [5.41, 5.74) is -3.03. The molecular formula is C14H11F3N2O6. The first kappa shape index (κ1) is 18.2. The molecule has 2 rings (SSSR count). The maximum atomic E-state index is 12.7. The van der Waals surface area contributed by atoms with E-state index in [-0.39, 0.29) is 0 Å². The minimum atomic E-state index is -4.73. The molecule has 0 saturated carbocycles. The van der Waals surface area contributed by atoms with Crippen LogP contribution in [-0.2, 0) is 25.2 Å². The highest BCUT2D eigenvalue weighted by Gasteiger charge is 2.39. The number of cyclic esters (lactones) is 2. The average Bonchev–Trinajstić information content (AvgIpc) is 2.43. The smallest absolute Gasteiger partial charge is 0.416 e. The first-order valence-corrected chi connectivity index (χ1v) is 6.70. The van der Waals surface area contributed by atoms with E-state index in [1.165, 1.54) is 13.8 Å². The lowest BCUT2D eigenvalue weighted by Crippen LogP contribution is -2.42. The van der Waals surface area contributed by atoms with E-state index in [1.807, 2.05) is 0 Å². The predicted molar refractivity (Wildman–Crippen MR) is 76.1 cm³/mol. The van der Waals surface area contributed by atoms with Crippen LogP contribution in [0.25, 0.3) is 0 Å². The molecule has 8 nitrogen and oxygen atoms in total. The Balaban J connectivity index is 2.37.